The Morgan fingerprint density at radius 1 is 1.31 bits per heavy atom. The maximum atomic E-state index is 12.6. The lowest BCUT2D eigenvalue weighted by atomic mass is 10.2. The van der Waals surface area contributed by atoms with Gasteiger partial charge in [-0.3, -0.25) is 0 Å². The van der Waals surface area contributed by atoms with Crippen LogP contribution in [0.5, 0.6) is 5.75 Å². The average Bonchev–Trinajstić information content (AvgIpc) is 3.25. The van der Waals surface area contributed by atoms with Gasteiger partial charge in [0.15, 0.2) is 9.84 Å². The number of piperazine rings is 1. The minimum Gasteiger partial charge on any atom is -0.494 e. The molecule has 26 heavy (non-hydrogen) atoms. The quantitative estimate of drug-likeness (QED) is 0.794. The monoisotopic (exact) mass is 380 g/mol. The SMILES string of the molecule is COc1cc(N2CCS(=O)(=O)CC2)ccc1NC(=O)N1C[C@@H]2C[C@H]1CN2. The van der Waals surface area contributed by atoms with Crippen molar-refractivity contribution in [3.8, 4) is 5.75 Å². The van der Waals surface area contributed by atoms with E-state index >= 15 is 0 Å². The van der Waals surface area contributed by atoms with Gasteiger partial charge in [-0.05, 0) is 18.6 Å². The number of fused-ring (bicyclic) bond motifs is 2. The number of nitrogens with one attached hydrogen (secondary N) is 2. The molecule has 2 N–H and O–H groups in total. The highest BCUT2D eigenvalue weighted by molar-refractivity contribution is 7.91. The molecular weight excluding hydrogens is 356 g/mol. The minimum atomic E-state index is -2.92. The van der Waals surface area contributed by atoms with E-state index in [4.69, 9.17) is 4.74 Å². The fourth-order valence-electron chi connectivity index (χ4n) is 3.95. The summed E-state index contributed by atoms with van der Waals surface area (Å²) in [6, 6.07) is 6.14. The molecule has 3 fully saturated rings. The molecule has 1 aromatic carbocycles. The normalized spacial score (nSPS) is 26.8. The molecule has 0 unspecified atom stereocenters. The molecule has 2 atom stereocenters. The second-order valence-corrected chi connectivity index (χ2v) is 9.40. The number of sulfone groups is 1. The third-order valence-electron chi connectivity index (χ3n) is 5.45. The Morgan fingerprint density at radius 2 is 2.08 bits per heavy atom. The summed E-state index contributed by atoms with van der Waals surface area (Å²) in [4.78, 5) is 16.5. The molecule has 0 aromatic heterocycles. The first-order valence-corrected chi connectivity index (χ1v) is 10.7. The van der Waals surface area contributed by atoms with Gasteiger partial charge in [0.2, 0.25) is 0 Å². The zero-order valence-electron chi connectivity index (χ0n) is 14.8. The van der Waals surface area contributed by atoms with Crippen LogP contribution in [-0.2, 0) is 9.84 Å². The number of anilines is 2. The van der Waals surface area contributed by atoms with Gasteiger partial charge in [-0.2, -0.15) is 0 Å². The maximum absolute atomic E-state index is 12.6. The predicted molar refractivity (Wildman–Crippen MR) is 99.8 cm³/mol. The van der Waals surface area contributed by atoms with Crippen molar-refractivity contribution >= 4 is 27.2 Å². The summed E-state index contributed by atoms with van der Waals surface area (Å²) in [6.45, 7) is 2.53. The van der Waals surface area contributed by atoms with Crippen molar-refractivity contribution in [1.29, 1.82) is 0 Å². The van der Waals surface area contributed by atoms with Crippen LogP contribution in [-0.4, -0.2) is 76.2 Å². The summed E-state index contributed by atoms with van der Waals surface area (Å²) in [7, 11) is -1.35. The zero-order chi connectivity index (χ0) is 18.3. The lowest BCUT2D eigenvalue weighted by molar-refractivity contribution is 0.198. The van der Waals surface area contributed by atoms with Crippen LogP contribution in [0.1, 0.15) is 6.42 Å². The number of nitrogens with zero attached hydrogens (tertiary/aromatic N) is 2. The fourth-order valence-corrected chi connectivity index (χ4v) is 5.15. The van der Waals surface area contributed by atoms with Crippen molar-refractivity contribution in [2.75, 3.05) is 55.0 Å². The van der Waals surface area contributed by atoms with Gasteiger partial charge in [-0.1, -0.05) is 0 Å². The molecule has 2 amide bonds. The highest BCUT2D eigenvalue weighted by Crippen LogP contribution is 2.32. The molecule has 4 rings (SSSR count). The molecule has 2 bridgehead atoms. The molecule has 0 saturated carbocycles. The Kier molecular flexibility index (Phi) is 4.44. The Morgan fingerprint density at radius 3 is 2.69 bits per heavy atom. The van der Waals surface area contributed by atoms with Crippen molar-refractivity contribution in [2.45, 2.75) is 18.5 Å². The van der Waals surface area contributed by atoms with Crippen LogP contribution < -0.4 is 20.3 Å². The fraction of sp³-hybridized carbons (Fsp3) is 0.588. The standard InChI is InChI=1S/C17H24N4O4S/c1-25-16-9-13(20-4-6-26(23,24)7-5-20)2-3-15(16)19-17(22)21-11-12-8-14(21)10-18-12/h2-3,9,12,14,18H,4-8,10-11H2,1H3,(H,19,22)/t12-,14-/m0/s1. The summed E-state index contributed by atoms with van der Waals surface area (Å²) in [5.74, 6) is 0.908. The van der Waals surface area contributed by atoms with Crippen LogP contribution in [0.15, 0.2) is 18.2 Å². The Bertz CT molecular complexity index is 799. The predicted octanol–water partition coefficient (Wildman–Crippen LogP) is 0.508. The number of methoxy groups -OCH3 is 1. The number of ether oxygens (including phenoxy) is 1. The first kappa shape index (κ1) is 17.4. The van der Waals surface area contributed by atoms with Gasteiger partial charge in [-0.25, -0.2) is 13.2 Å². The van der Waals surface area contributed by atoms with Crippen LogP contribution >= 0.6 is 0 Å². The van der Waals surface area contributed by atoms with Crippen LogP contribution in [0.4, 0.5) is 16.2 Å². The molecule has 9 heteroatoms. The molecule has 0 spiro atoms. The first-order valence-electron chi connectivity index (χ1n) is 8.89. The van der Waals surface area contributed by atoms with Gasteiger partial charge >= 0.3 is 6.03 Å². The number of amides is 2. The summed E-state index contributed by atoms with van der Waals surface area (Å²) in [5.41, 5.74) is 1.53. The molecule has 0 radical (unpaired) electrons. The average molecular weight is 380 g/mol. The second-order valence-electron chi connectivity index (χ2n) is 7.10. The van der Waals surface area contributed by atoms with Crippen LogP contribution in [0.3, 0.4) is 0 Å². The third-order valence-corrected chi connectivity index (χ3v) is 7.06. The zero-order valence-corrected chi connectivity index (χ0v) is 15.6. The van der Waals surface area contributed by atoms with E-state index in [0.29, 0.717) is 30.6 Å². The molecular formula is C17H24N4O4S. The Hall–Kier alpha value is -2.00. The molecule has 8 nitrogen and oxygen atoms in total. The van der Waals surface area contributed by atoms with E-state index in [1.165, 1.54) is 0 Å². The minimum absolute atomic E-state index is 0.103. The number of urea groups is 1. The Labute approximate surface area is 153 Å². The lowest BCUT2D eigenvalue weighted by Gasteiger charge is -2.30. The van der Waals surface area contributed by atoms with E-state index in [1.807, 2.05) is 28.0 Å². The van der Waals surface area contributed by atoms with Crippen molar-refractivity contribution < 1.29 is 17.9 Å². The van der Waals surface area contributed by atoms with E-state index in [-0.39, 0.29) is 23.6 Å². The van der Waals surface area contributed by atoms with Gasteiger partial charge in [0.05, 0.1) is 24.3 Å². The van der Waals surface area contributed by atoms with E-state index < -0.39 is 9.84 Å². The number of hydrogen-bond donors (Lipinski definition) is 2. The number of carbonyl (C=O) groups is 1. The molecule has 1 aromatic rings. The van der Waals surface area contributed by atoms with Crippen LogP contribution in [0.2, 0.25) is 0 Å². The van der Waals surface area contributed by atoms with Gasteiger partial charge in [0, 0.05) is 50.0 Å². The van der Waals surface area contributed by atoms with Gasteiger partial charge in [0.25, 0.3) is 0 Å². The summed E-state index contributed by atoms with van der Waals surface area (Å²) in [6.07, 6.45) is 1.02. The molecule has 3 saturated heterocycles. The van der Waals surface area contributed by atoms with E-state index in [0.717, 1.165) is 25.2 Å². The van der Waals surface area contributed by atoms with Crippen molar-refractivity contribution in [3.63, 3.8) is 0 Å². The van der Waals surface area contributed by atoms with Gasteiger partial charge < -0.3 is 25.2 Å². The van der Waals surface area contributed by atoms with Crippen molar-refractivity contribution in [1.82, 2.24) is 10.2 Å². The summed E-state index contributed by atoms with van der Waals surface area (Å²) < 4.78 is 28.6. The number of carbonyl (C=O) groups excluding carboxylic acids is 1. The molecule has 3 aliphatic rings. The molecule has 0 aliphatic carbocycles. The highest BCUT2D eigenvalue weighted by atomic mass is 32.2. The number of benzene rings is 1. The van der Waals surface area contributed by atoms with Crippen molar-refractivity contribution in [3.05, 3.63) is 18.2 Å². The smallest absolute Gasteiger partial charge is 0.322 e. The van der Waals surface area contributed by atoms with Crippen LogP contribution in [0, 0.1) is 0 Å². The largest absolute Gasteiger partial charge is 0.494 e. The van der Waals surface area contributed by atoms with Gasteiger partial charge in [0.1, 0.15) is 5.75 Å². The molecule has 142 valence electrons. The lowest BCUT2D eigenvalue weighted by Crippen LogP contribution is -2.48. The van der Waals surface area contributed by atoms with Gasteiger partial charge in [-0.15, -0.1) is 0 Å². The number of rotatable bonds is 3. The topological polar surface area (TPSA) is 91.0 Å². The van der Waals surface area contributed by atoms with E-state index in [2.05, 4.69) is 10.6 Å². The summed E-state index contributed by atoms with van der Waals surface area (Å²) >= 11 is 0. The van der Waals surface area contributed by atoms with E-state index in [1.54, 1.807) is 7.11 Å². The number of hydrogen-bond acceptors (Lipinski definition) is 6. The highest BCUT2D eigenvalue weighted by Gasteiger charge is 2.40. The molecule has 3 heterocycles. The van der Waals surface area contributed by atoms with E-state index in [9.17, 15) is 13.2 Å². The first-order chi connectivity index (χ1) is 12.4. The summed E-state index contributed by atoms with van der Waals surface area (Å²) in [5, 5.41) is 6.33. The maximum Gasteiger partial charge on any atom is 0.322 e. The van der Waals surface area contributed by atoms with Crippen molar-refractivity contribution in [2.24, 2.45) is 0 Å². The second kappa shape index (κ2) is 6.62. The third kappa shape index (κ3) is 3.33. The Balaban J connectivity index is 1.46. The molecule has 3 aliphatic heterocycles. The van der Waals surface area contributed by atoms with Crippen LogP contribution in [0.25, 0.3) is 0 Å². The number of likely N-dealkylation sites (tertiary alicyclic amines) is 1.